The molecule has 0 spiro atoms. The van der Waals surface area contributed by atoms with Crippen LogP contribution in [0.2, 0.25) is 0 Å². The minimum atomic E-state index is 0.851. The summed E-state index contributed by atoms with van der Waals surface area (Å²) in [6.45, 7) is 0. The molecule has 3 nitrogen and oxygen atoms in total. The second-order valence-corrected chi connectivity index (χ2v) is 6.41. The third kappa shape index (κ3) is 3.18. The lowest BCUT2D eigenvalue weighted by atomic mass is 9.79. The summed E-state index contributed by atoms with van der Waals surface area (Å²) in [4.78, 5) is 7.44. The van der Waals surface area contributed by atoms with Crippen LogP contribution in [0.4, 0.5) is 5.69 Å². The molecular formula is C22H21N3. The van der Waals surface area contributed by atoms with Gasteiger partial charge in [-0.3, -0.25) is 9.97 Å². The van der Waals surface area contributed by atoms with Crippen molar-refractivity contribution in [3.63, 3.8) is 0 Å². The van der Waals surface area contributed by atoms with Gasteiger partial charge in [-0.15, -0.1) is 0 Å². The standard InChI is InChI=1S/C18H17N.C4H4N2/c19-14-7-10-16-13(11-14)6-9-17-15-4-2-1-3-12(15)5-8-18(16)17;1-2-6-4-3-5-1/h1,3,6-7,9-11H,2,4-5,8,19H2;1-4H. The third-order valence-electron chi connectivity index (χ3n) is 4.87. The number of fused-ring (bicyclic) bond motifs is 4. The Bertz CT molecular complexity index is 929. The molecule has 2 N–H and O–H groups in total. The zero-order valence-corrected chi connectivity index (χ0v) is 14.2. The van der Waals surface area contributed by atoms with Crippen LogP contribution >= 0.6 is 0 Å². The second-order valence-electron chi connectivity index (χ2n) is 6.41. The Hall–Kier alpha value is -2.94. The fourth-order valence-corrected chi connectivity index (χ4v) is 3.73. The maximum Gasteiger partial charge on any atom is 0.0451 e. The molecule has 0 bridgehead atoms. The van der Waals surface area contributed by atoms with Crippen molar-refractivity contribution >= 4 is 22.0 Å². The molecule has 0 atom stereocenters. The molecule has 0 unspecified atom stereocenters. The third-order valence-corrected chi connectivity index (χ3v) is 4.87. The number of nitrogen functional groups attached to an aromatic ring is 1. The van der Waals surface area contributed by atoms with Gasteiger partial charge in [-0.1, -0.05) is 30.4 Å². The quantitative estimate of drug-likeness (QED) is 0.594. The molecule has 1 heterocycles. The van der Waals surface area contributed by atoms with Gasteiger partial charge >= 0.3 is 0 Å². The van der Waals surface area contributed by atoms with E-state index in [9.17, 15) is 0 Å². The summed E-state index contributed by atoms with van der Waals surface area (Å²) in [5.41, 5.74) is 12.9. The summed E-state index contributed by atoms with van der Waals surface area (Å²) in [5, 5.41) is 2.65. The van der Waals surface area contributed by atoms with Crippen LogP contribution in [0.5, 0.6) is 0 Å². The summed E-state index contributed by atoms with van der Waals surface area (Å²) >= 11 is 0. The van der Waals surface area contributed by atoms with Crippen molar-refractivity contribution in [3.8, 4) is 0 Å². The number of hydrogen-bond acceptors (Lipinski definition) is 3. The first-order valence-corrected chi connectivity index (χ1v) is 8.73. The van der Waals surface area contributed by atoms with Crippen molar-refractivity contribution < 1.29 is 0 Å². The van der Waals surface area contributed by atoms with Crippen molar-refractivity contribution in [2.45, 2.75) is 25.7 Å². The van der Waals surface area contributed by atoms with Crippen LogP contribution in [0.3, 0.4) is 0 Å². The minimum Gasteiger partial charge on any atom is -0.399 e. The van der Waals surface area contributed by atoms with Crippen LogP contribution in [0.1, 0.15) is 30.4 Å². The molecule has 124 valence electrons. The molecule has 25 heavy (non-hydrogen) atoms. The molecule has 0 amide bonds. The number of aryl methyl sites for hydroxylation is 1. The average Bonchev–Trinajstić information content (AvgIpc) is 2.69. The number of nitrogens with two attached hydrogens (primary N) is 1. The summed E-state index contributed by atoms with van der Waals surface area (Å²) in [7, 11) is 0. The normalized spacial score (nSPS) is 15.2. The van der Waals surface area contributed by atoms with Gasteiger partial charge in [0.1, 0.15) is 0 Å². The van der Waals surface area contributed by atoms with E-state index >= 15 is 0 Å². The molecule has 2 aliphatic carbocycles. The molecule has 0 radical (unpaired) electrons. The van der Waals surface area contributed by atoms with E-state index in [1.54, 1.807) is 35.9 Å². The van der Waals surface area contributed by atoms with Gasteiger partial charge in [0.25, 0.3) is 0 Å². The molecule has 0 fully saturated rings. The van der Waals surface area contributed by atoms with Crippen molar-refractivity contribution in [2.75, 3.05) is 5.73 Å². The predicted octanol–water partition coefficient (Wildman–Crippen LogP) is 4.95. The monoisotopic (exact) mass is 327 g/mol. The molecule has 3 aromatic rings. The van der Waals surface area contributed by atoms with Crippen molar-refractivity contribution in [1.82, 2.24) is 9.97 Å². The molecule has 0 aliphatic heterocycles. The number of allylic oxidation sites excluding steroid dienone is 4. The number of nitrogens with zero attached hydrogens (tertiary/aromatic N) is 2. The van der Waals surface area contributed by atoms with E-state index in [0.717, 1.165) is 12.1 Å². The van der Waals surface area contributed by atoms with Crippen molar-refractivity contribution in [2.24, 2.45) is 0 Å². The fourth-order valence-electron chi connectivity index (χ4n) is 3.73. The van der Waals surface area contributed by atoms with Crippen LogP contribution in [-0.2, 0) is 6.42 Å². The number of aromatic nitrogens is 2. The Morgan fingerprint density at radius 2 is 1.64 bits per heavy atom. The van der Waals surface area contributed by atoms with Crippen LogP contribution in [-0.4, -0.2) is 9.97 Å². The molecule has 3 heteroatoms. The second kappa shape index (κ2) is 6.89. The first-order chi connectivity index (χ1) is 12.3. The Morgan fingerprint density at radius 3 is 2.40 bits per heavy atom. The molecule has 0 saturated heterocycles. The van der Waals surface area contributed by atoms with Gasteiger partial charge in [-0.25, -0.2) is 0 Å². The highest BCUT2D eigenvalue weighted by Gasteiger charge is 2.20. The summed E-state index contributed by atoms with van der Waals surface area (Å²) in [6, 6.07) is 10.8. The van der Waals surface area contributed by atoms with Crippen LogP contribution in [0.15, 0.2) is 72.8 Å². The topological polar surface area (TPSA) is 51.8 Å². The van der Waals surface area contributed by atoms with Gasteiger partial charge in [-0.2, -0.15) is 0 Å². The highest BCUT2D eigenvalue weighted by molar-refractivity contribution is 5.93. The number of benzene rings is 2. The van der Waals surface area contributed by atoms with Gasteiger partial charge in [0.15, 0.2) is 0 Å². The predicted molar refractivity (Wildman–Crippen MR) is 104 cm³/mol. The summed E-state index contributed by atoms with van der Waals surface area (Å²) in [5.74, 6) is 0. The van der Waals surface area contributed by atoms with E-state index in [0.29, 0.717) is 0 Å². The van der Waals surface area contributed by atoms with Gasteiger partial charge in [0.05, 0.1) is 0 Å². The Labute approximate surface area is 147 Å². The molecular weight excluding hydrogens is 306 g/mol. The molecule has 0 saturated carbocycles. The fraction of sp³-hybridized carbons (Fsp3) is 0.182. The lowest BCUT2D eigenvalue weighted by Crippen LogP contribution is -2.07. The van der Waals surface area contributed by atoms with Gasteiger partial charge in [0.2, 0.25) is 0 Å². The minimum absolute atomic E-state index is 0.851. The molecule has 5 rings (SSSR count). The van der Waals surface area contributed by atoms with E-state index in [-0.39, 0.29) is 0 Å². The van der Waals surface area contributed by atoms with Crippen LogP contribution < -0.4 is 5.73 Å². The maximum absolute atomic E-state index is 5.89. The first-order valence-electron chi connectivity index (χ1n) is 8.73. The van der Waals surface area contributed by atoms with E-state index < -0.39 is 0 Å². The van der Waals surface area contributed by atoms with Gasteiger partial charge < -0.3 is 5.73 Å². The molecule has 1 aromatic heterocycles. The number of anilines is 1. The Balaban J connectivity index is 0.000000223. The lowest BCUT2D eigenvalue weighted by molar-refractivity contribution is 0.904. The van der Waals surface area contributed by atoms with Crippen LogP contribution in [0.25, 0.3) is 16.3 Å². The maximum atomic E-state index is 5.89. The van der Waals surface area contributed by atoms with E-state index in [1.807, 2.05) is 6.07 Å². The number of hydrogen-bond donors (Lipinski definition) is 1. The van der Waals surface area contributed by atoms with Crippen molar-refractivity contribution in [3.05, 3.63) is 84.0 Å². The Morgan fingerprint density at radius 1 is 0.840 bits per heavy atom. The first kappa shape index (κ1) is 15.6. The van der Waals surface area contributed by atoms with Gasteiger partial charge in [0, 0.05) is 30.5 Å². The zero-order valence-electron chi connectivity index (χ0n) is 14.2. The summed E-state index contributed by atoms with van der Waals surface area (Å²) < 4.78 is 0. The smallest absolute Gasteiger partial charge is 0.0451 e. The highest BCUT2D eigenvalue weighted by Crippen LogP contribution is 2.40. The van der Waals surface area contributed by atoms with E-state index in [1.165, 1.54) is 41.2 Å². The zero-order chi connectivity index (χ0) is 17.1. The largest absolute Gasteiger partial charge is 0.399 e. The van der Waals surface area contributed by atoms with E-state index in [4.69, 9.17) is 5.73 Å². The summed E-state index contributed by atoms with van der Waals surface area (Å²) in [6.07, 6.45) is 15.9. The lowest BCUT2D eigenvalue weighted by Gasteiger charge is -2.25. The van der Waals surface area contributed by atoms with Crippen molar-refractivity contribution in [1.29, 1.82) is 0 Å². The Kier molecular flexibility index (Phi) is 4.30. The average molecular weight is 327 g/mol. The highest BCUT2D eigenvalue weighted by atomic mass is 14.7. The molecule has 2 aliphatic rings. The SMILES string of the molecule is Nc1ccc2c3c(ccc2c1)C1=C(C=CCC1)CC3.c1cnccn1. The van der Waals surface area contributed by atoms with Gasteiger partial charge in [-0.05, 0) is 70.9 Å². The molecule has 2 aromatic carbocycles. The van der Waals surface area contributed by atoms with Crippen LogP contribution in [0, 0.1) is 0 Å². The van der Waals surface area contributed by atoms with E-state index in [2.05, 4.69) is 46.4 Å². The number of rotatable bonds is 0.